The first-order chi connectivity index (χ1) is 9.54. The van der Waals surface area contributed by atoms with Gasteiger partial charge in [-0.15, -0.1) is 0 Å². The Morgan fingerprint density at radius 2 is 2.00 bits per heavy atom. The van der Waals surface area contributed by atoms with Gasteiger partial charge in [0, 0.05) is 0 Å². The fraction of sp³-hybridized carbons (Fsp3) is 0.500. The van der Waals surface area contributed by atoms with Crippen LogP contribution in [0, 0.1) is 13.8 Å². The van der Waals surface area contributed by atoms with Crippen molar-refractivity contribution in [2.24, 2.45) is 0 Å². The summed E-state index contributed by atoms with van der Waals surface area (Å²) in [6.07, 6.45) is -3.72. The predicted molar refractivity (Wildman–Crippen MR) is 72.2 cm³/mol. The van der Waals surface area contributed by atoms with Crippen LogP contribution in [-0.2, 0) is 4.74 Å². The van der Waals surface area contributed by atoms with Crippen molar-refractivity contribution < 1.29 is 20.1 Å². The van der Waals surface area contributed by atoms with Gasteiger partial charge < -0.3 is 20.1 Å². The molecule has 1 aromatic heterocycles. The second-order valence-corrected chi connectivity index (χ2v) is 5.20. The van der Waals surface area contributed by atoms with Crippen molar-refractivity contribution in [1.29, 1.82) is 0 Å². The van der Waals surface area contributed by atoms with Gasteiger partial charge in [0.25, 0.3) is 0 Å². The van der Waals surface area contributed by atoms with Gasteiger partial charge in [-0.25, -0.2) is 4.98 Å². The third-order valence-electron chi connectivity index (χ3n) is 3.87. The van der Waals surface area contributed by atoms with Crippen molar-refractivity contribution in [2.45, 2.75) is 38.4 Å². The van der Waals surface area contributed by atoms with Gasteiger partial charge in [-0.2, -0.15) is 0 Å². The van der Waals surface area contributed by atoms with Gasteiger partial charge >= 0.3 is 0 Å². The molecule has 20 heavy (non-hydrogen) atoms. The number of ether oxygens (including phenoxy) is 1. The van der Waals surface area contributed by atoms with Crippen LogP contribution in [0.1, 0.15) is 17.6 Å². The molecular weight excluding hydrogens is 260 g/mol. The number of fused-ring (bicyclic) bond motifs is 1. The summed E-state index contributed by atoms with van der Waals surface area (Å²) in [5.41, 5.74) is 2.73. The first kappa shape index (κ1) is 13.5. The van der Waals surface area contributed by atoms with Crippen LogP contribution in [0.5, 0.6) is 0 Å². The zero-order valence-electron chi connectivity index (χ0n) is 11.4. The third-order valence-corrected chi connectivity index (χ3v) is 3.87. The molecule has 1 aliphatic heterocycles. The number of hydrogen-bond donors (Lipinski definition) is 3. The Morgan fingerprint density at radius 1 is 1.25 bits per heavy atom. The number of nitrogens with zero attached hydrogens (tertiary/aromatic N) is 2. The minimum atomic E-state index is -1.10. The van der Waals surface area contributed by atoms with Gasteiger partial charge in [0.05, 0.1) is 17.6 Å². The lowest BCUT2D eigenvalue weighted by atomic mass is 10.1. The Bertz CT molecular complexity index is 639. The Morgan fingerprint density at radius 3 is 2.65 bits per heavy atom. The molecule has 0 unspecified atom stereocenters. The highest BCUT2D eigenvalue weighted by molar-refractivity contribution is 5.79. The SMILES string of the molecule is Cc1cccc2c1nc(C)n2[C@@H]1O[C@H](CO)[C@@H](O)[C@H]1O. The van der Waals surface area contributed by atoms with Gasteiger partial charge in [-0.3, -0.25) is 4.57 Å². The lowest BCUT2D eigenvalue weighted by Crippen LogP contribution is -2.33. The van der Waals surface area contributed by atoms with E-state index in [0.717, 1.165) is 16.6 Å². The zero-order chi connectivity index (χ0) is 14.4. The molecule has 3 N–H and O–H groups in total. The number of aromatic nitrogens is 2. The van der Waals surface area contributed by atoms with Gasteiger partial charge in [-0.1, -0.05) is 12.1 Å². The molecule has 2 heterocycles. The highest BCUT2D eigenvalue weighted by Gasteiger charge is 2.44. The molecule has 108 valence electrons. The Labute approximate surface area is 116 Å². The average molecular weight is 278 g/mol. The minimum Gasteiger partial charge on any atom is -0.394 e. The maximum atomic E-state index is 10.1. The van der Waals surface area contributed by atoms with E-state index < -0.39 is 24.5 Å². The Hall–Kier alpha value is -1.47. The van der Waals surface area contributed by atoms with E-state index in [1.807, 2.05) is 32.0 Å². The number of para-hydroxylation sites is 1. The maximum Gasteiger partial charge on any atom is 0.164 e. The maximum absolute atomic E-state index is 10.1. The number of hydrogen-bond acceptors (Lipinski definition) is 5. The van der Waals surface area contributed by atoms with Crippen LogP contribution < -0.4 is 0 Å². The van der Waals surface area contributed by atoms with Crippen molar-refractivity contribution in [3.8, 4) is 0 Å². The zero-order valence-corrected chi connectivity index (χ0v) is 11.4. The average Bonchev–Trinajstić information content (AvgIpc) is 2.90. The van der Waals surface area contributed by atoms with E-state index in [-0.39, 0.29) is 6.61 Å². The van der Waals surface area contributed by atoms with E-state index in [4.69, 9.17) is 4.74 Å². The van der Waals surface area contributed by atoms with Crippen LogP contribution in [0.2, 0.25) is 0 Å². The molecule has 4 atom stereocenters. The number of imidazole rings is 1. The molecule has 0 amide bonds. The van der Waals surface area contributed by atoms with E-state index in [1.54, 1.807) is 4.57 Å². The lowest BCUT2D eigenvalue weighted by molar-refractivity contribution is -0.0517. The molecule has 1 saturated heterocycles. The van der Waals surface area contributed by atoms with Crippen molar-refractivity contribution in [2.75, 3.05) is 6.61 Å². The fourth-order valence-corrected chi connectivity index (χ4v) is 2.79. The van der Waals surface area contributed by atoms with Gasteiger partial charge in [0.15, 0.2) is 6.23 Å². The van der Waals surface area contributed by atoms with Gasteiger partial charge in [0.1, 0.15) is 24.1 Å². The van der Waals surface area contributed by atoms with Crippen LogP contribution in [0.4, 0.5) is 0 Å². The molecule has 0 aliphatic carbocycles. The van der Waals surface area contributed by atoms with Crippen LogP contribution in [0.15, 0.2) is 18.2 Å². The second kappa shape index (κ2) is 4.82. The van der Waals surface area contributed by atoms with Crippen LogP contribution in [-0.4, -0.2) is 49.8 Å². The molecule has 3 rings (SSSR count). The predicted octanol–water partition coefficient (Wildman–Crippen LogP) is 0.265. The van der Waals surface area contributed by atoms with E-state index >= 15 is 0 Å². The number of benzene rings is 1. The standard InChI is InChI=1S/C14H18N2O4/c1-7-4-3-5-9-11(7)15-8(2)16(9)14-13(19)12(18)10(6-17)20-14/h3-5,10,12-14,17-19H,6H2,1-2H3/t10-,12-,13-,14-/m1/s1. The smallest absolute Gasteiger partial charge is 0.164 e. The molecule has 0 spiro atoms. The number of aliphatic hydroxyl groups excluding tert-OH is 3. The number of rotatable bonds is 2. The van der Waals surface area contributed by atoms with Crippen LogP contribution >= 0.6 is 0 Å². The molecule has 0 saturated carbocycles. The Kier molecular flexibility index (Phi) is 3.25. The molecular formula is C14H18N2O4. The van der Waals surface area contributed by atoms with Crippen LogP contribution in [0.3, 0.4) is 0 Å². The van der Waals surface area contributed by atoms with E-state index in [1.165, 1.54) is 0 Å². The summed E-state index contributed by atoms with van der Waals surface area (Å²) in [7, 11) is 0. The summed E-state index contributed by atoms with van der Waals surface area (Å²) in [6.45, 7) is 3.46. The van der Waals surface area contributed by atoms with Gasteiger partial charge in [0.2, 0.25) is 0 Å². The molecule has 1 aromatic carbocycles. The first-order valence-corrected chi connectivity index (χ1v) is 6.61. The summed E-state index contributed by atoms with van der Waals surface area (Å²) in [5, 5.41) is 29.2. The minimum absolute atomic E-state index is 0.334. The summed E-state index contributed by atoms with van der Waals surface area (Å²) >= 11 is 0. The summed E-state index contributed by atoms with van der Waals surface area (Å²) in [4.78, 5) is 4.50. The van der Waals surface area contributed by atoms with E-state index in [9.17, 15) is 15.3 Å². The Balaban J connectivity index is 2.11. The van der Waals surface area contributed by atoms with Crippen LogP contribution in [0.25, 0.3) is 11.0 Å². The molecule has 1 aliphatic rings. The number of aryl methyl sites for hydroxylation is 2. The van der Waals surface area contributed by atoms with Gasteiger partial charge in [-0.05, 0) is 25.5 Å². The molecule has 0 bridgehead atoms. The van der Waals surface area contributed by atoms with E-state index in [0.29, 0.717) is 5.82 Å². The number of aliphatic hydroxyl groups is 3. The van der Waals surface area contributed by atoms with Crippen molar-refractivity contribution in [3.63, 3.8) is 0 Å². The monoisotopic (exact) mass is 278 g/mol. The molecule has 1 fully saturated rings. The summed E-state index contributed by atoms with van der Waals surface area (Å²) in [6, 6.07) is 5.78. The lowest BCUT2D eigenvalue weighted by Gasteiger charge is -2.18. The quantitative estimate of drug-likeness (QED) is 0.733. The molecule has 2 aromatic rings. The molecule has 6 nitrogen and oxygen atoms in total. The molecule has 6 heteroatoms. The first-order valence-electron chi connectivity index (χ1n) is 6.61. The fourth-order valence-electron chi connectivity index (χ4n) is 2.79. The highest BCUT2D eigenvalue weighted by Crippen LogP contribution is 2.33. The van der Waals surface area contributed by atoms with E-state index in [2.05, 4.69) is 4.98 Å². The van der Waals surface area contributed by atoms with Crippen molar-refractivity contribution in [1.82, 2.24) is 9.55 Å². The van der Waals surface area contributed by atoms with Crippen molar-refractivity contribution >= 4 is 11.0 Å². The highest BCUT2D eigenvalue weighted by atomic mass is 16.6. The topological polar surface area (TPSA) is 87.7 Å². The second-order valence-electron chi connectivity index (χ2n) is 5.20. The van der Waals surface area contributed by atoms with Crippen molar-refractivity contribution in [3.05, 3.63) is 29.6 Å². The summed E-state index contributed by atoms with van der Waals surface area (Å²) in [5.74, 6) is 0.698. The normalized spacial score (nSPS) is 30.2. The third kappa shape index (κ3) is 1.84. The largest absolute Gasteiger partial charge is 0.394 e. The molecule has 0 radical (unpaired) electrons. The summed E-state index contributed by atoms with van der Waals surface area (Å²) < 4.78 is 7.35.